The van der Waals surface area contributed by atoms with Crippen LogP contribution in [-0.4, -0.2) is 16.2 Å². The minimum absolute atomic E-state index is 0.953. The van der Waals surface area contributed by atoms with Crippen molar-refractivity contribution in [2.24, 2.45) is 11.8 Å². The van der Waals surface area contributed by atoms with Gasteiger partial charge in [0, 0.05) is 7.11 Å². The molecule has 0 aromatic carbocycles. The van der Waals surface area contributed by atoms with Crippen LogP contribution in [0.3, 0.4) is 0 Å². The number of hydrogen-bond donors (Lipinski definition) is 0. The molecule has 2 aliphatic carbocycles. The van der Waals surface area contributed by atoms with Crippen LogP contribution >= 0.6 is 0 Å². The van der Waals surface area contributed by atoms with Crippen LogP contribution in [0.15, 0.2) is 0 Å². The molecule has 0 spiro atoms. The van der Waals surface area contributed by atoms with Crippen molar-refractivity contribution < 1.29 is 4.43 Å². The van der Waals surface area contributed by atoms with Crippen molar-refractivity contribution in [3.8, 4) is 0 Å². The molecular weight excluding hydrogens is 224 g/mol. The Bertz CT molecular complexity index is 209. The summed E-state index contributed by atoms with van der Waals surface area (Å²) in [5.41, 5.74) is 1.97. The topological polar surface area (TPSA) is 9.23 Å². The SMILES string of the molecule is CO[SiH](C1CCCC(C)C1)C1CCCC(C)C1. The lowest BCUT2D eigenvalue weighted by Crippen LogP contribution is -2.34. The lowest BCUT2D eigenvalue weighted by molar-refractivity contribution is 0.301. The van der Waals surface area contributed by atoms with Gasteiger partial charge in [-0.1, -0.05) is 52.4 Å². The van der Waals surface area contributed by atoms with Crippen molar-refractivity contribution in [2.45, 2.75) is 76.3 Å². The van der Waals surface area contributed by atoms with Crippen LogP contribution < -0.4 is 0 Å². The molecule has 4 unspecified atom stereocenters. The van der Waals surface area contributed by atoms with E-state index >= 15 is 0 Å². The van der Waals surface area contributed by atoms with Crippen LogP contribution in [0.25, 0.3) is 0 Å². The summed E-state index contributed by atoms with van der Waals surface area (Å²) in [6.07, 6.45) is 11.7. The van der Waals surface area contributed by atoms with Gasteiger partial charge in [0.1, 0.15) is 0 Å². The standard InChI is InChI=1S/C15H30OSi/c1-12-6-4-8-14(10-12)17(16-3)15-9-5-7-13(2)11-15/h12-15,17H,4-11H2,1-3H3. The second kappa shape index (κ2) is 6.37. The normalized spacial score (nSPS) is 41.1. The zero-order valence-corrected chi connectivity index (χ0v) is 13.1. The molecule has 2 fully saturated rings. The van der Waals surface area contributed by atoms with Crippen LogP contribution in [0, 0.1) is 11.8 Å². The van der Waals surface area contributed by atoms with Gasteiger partial charge in [0.05, 0.1) is 0 Å². The van der Waals surface area contributed by atoms with Crippen LogP contribution in [0.4, 0.5) is 0 Å². The second-order valence-electron chi connectivity index (χ2n) is 6.76. The maximum Gasteiger partial charge on any atom is 0.182 e. The van der Waals surface area contributed by atoms with Gasteiger partial charge in [-0.05, 0) is 35.8 Å². The molecule has 100 valence electrons. The zero-order valence-electron chi connectivity index (χ0n) is 12.0. The van der Waals surface area contributed by atoms with E-state index in [0.29, 0.717) is 0 Å². The summed E-state index contributed by atoms with van der Waals surface area (Å²) in [7, 11) is 1.06. The maximum absolute atomic E-state index is 6.06. The highest BCUT2D eigenvalue weighted by molar-refractivity contribution is 6.55. The van der Waals surface area contributed by atoms with E-state index < -0.39 is 9.04 Å². The summed E-state index contributed by atoms with van der Waals surface area (Å²) >= 11 is 0. The molecular formula is C15H30OSi. The van der Waals surface area contributed by atoms with Gasteiger partial charge >= 0.3 is 0 Å². The lowest BCUT2D eigenvalue weighted by Gasteiger charge is -2.38. The number of rotatable bonds is 3. The summed E-state index contributed by atoms with van der Waals surface area (Å²) in [4.78, 5) is 0. The first-order valence-corrected chi connectivity index (χ1v) is 9.54. The molecule has 2 aliphatic rings. The fourth-order valence-electron chi connectivity index (χ4n) is 4.33. The maximum atomic E-state index is 6.06. The fourth-order valence-corrected chi connectivity index (χ4v) is 8.46. The Morgan fingerprint density at radius 1 is 0.824 bits per heavy atom. The molecule has 0 amide bonds. The average Bonchev–Trinajstić information content (AvgIpc) is 2.30. The monoisotopic (exact) mass is 254 g/mol. The lowest BCUT2D eigenvalue weighted by atomic mass is 9.90. The summed E-state index contributed by atoms with van der Waals surface area (Å²) in [5, 5.41) is 0. The molecule has 2 rings (SSSR count). The molecule has 0 aliphatic heterocycles. The Balaban J connectivity index is 1.94. The smallest absolute Gasteiger partial charge is 0.182 e. The fraction of sp³-hybridized carbons (Fsp3) is 1.00. The first-order valence-electron chi connectivity index (χ1n) is 7.73. The Kier molecular flexibility index (Phi) is 5.10. The molecule has 0 aromatic heterocycles. The highest BCUT2D eigenvalue weighted by Gasteiger charge is 2.36. The Morgan fingerprint density at radius 2 is 1.29 bits per heavy atom. The average molecular weight is 254 g/mol. The third kappa shape index (κ3) is 3.57. The summed E-state index contributed by atoms with van der Waals surface area (Å²) < 4.78 is 6.06. The Morgan fingerprint density at radius 3 is 1.65 bits per heavy atom. The van der Waals surface area contributed by atoms with Gasteiger partial charge in [0.25, 0.3) is 0 Å². The van der Waals surface area contributed by atoms with Gasteiger partial charge in [-0.2, -0.15) is 0 Å². The van der Waals surface area contributed by atoms with Crippen molar-refractivity contribution in [3.05, 3.63) is 0 Å². The quantitative estimate of drug-likeness (QED) is 0.673. The number of hydrogen-bond acceptors (Lipinski definition) is 1. The molecule has 1 nitrogen and oxygen atoms in total. The highest BCUT2D eigenvalue weighted by atomic mass is 28.3. The van der Waals surface area contributed by atoms with Crippen LogP contribution in [0.5, 0.6) is 0 Å². The second-order valence-corrected chi connectivity index (χ2v) is 10.1. The van der Waals surface area contributed by atoms with E-state index in [4.69, 9.17) is 4.43 Å². The highest BCUT2D eigenvalue weighted by Crippen LogP contribution is 2.44. The van der Waals surface area contributed by atoms with Crippen molar-refractivity contribution in [2.75, 3.05) is 7.11 Å². The summed E-state index contributed by atoms with van der Waals surface area (Å²) in [6, 6.07) is 0. The van der Waals surface area contributed by atoms with E-state index in [-0.39, 0.29) is 0 Å². The molecule has 2 heteroatoms. The van der Waals surface area contributed by atoms with E-state index in [2.05, 4.69) is 13.8 Å². The molecule has 0 heterocycles. The predicted octanol–water partition coefficient (Wildman–Crippen LogP) is 4.52. The molecule has 0 radical (unpaired) electrons. The third-order valence-electron chi connectivity index (χ3n) is 5.16. The molecule has 0 bridgehead atoms. The van der Waals surface area contributed by atoms with Crippen molar-refractivity contribution in [1.82, 2.24) is 0 Å². The van der Waals surface area contributed by atoms with Gasteiger partial charge in [-0.25, -0.2) is 0 Å². The zero-order chi connectivity index (χ0) is 12.3. The van der Waals surface area contributed by atoms with Gasteiger partial charge < -0.3 is 4.43 Å². The molecule has 4 atom stereocenters. The van der Waals surface area contributed by atoms with E-state index in [1.807, 2.05) is 7.11 Å². The van der Waals surface area contributed by atoms with Crippen molar-refractivity contribution in [3.63, 3.8) is 0 Å². The molecule has 17 heavy (non-hydrogen) atoms. The summed E-state index contributed by atoms with van der Waals surface area (Å²) in [5.74, 6) is 1.92. The van der Waals surface area contributed by atoms with E-state index in [0.717, 1.165) is 22.9 Å². The molecule has 0 aromatic rings. The van der Waals surface area contributed by atoms with Crippen LogP contribution in [0.1, 0.15) is 65.2 Å². The minimum atomic E-state index is -0.953. The van der Waals surface area contributed by atoms with Crippen molar-refractivity contribution >= 4 is 9.04 Å². The Hall–Kier alpha value is 0.177. The van der Waals surface area contributed by atoms with Gasteiger partial charge in [0.2, 0.25) is 0 Å². The van der Waals surface area contributed by atoms with Crippen molar-refractivity contribution in [1.29, 1.82) is 0 Å². The minimum Gasteiger partial charge on any atom is -0.423 e. The van der Waals surface area contributed by atoms with Crippen LogP contribution in [0.2, 0.25) is 11.1 Å². The third-order valence-corrected chi connectivity index (χ3v) is 8.77. The molecule has 0 saturated heterocycles. The van der Waals surface area contributed by atoms with Gasteiger partial charge in [-0.3, -0.25) is 0 Å². The van der Waals surface area contributed by atoms with Gasteiger partial charge in [0.15, 0.2) is 9.04 Å². The van der Waals surface area contributed by atoms with E-state index in [1.165, 1.54) is 51.4 Å². The molecule has 2 saturated carbocycles. The largest absolute Gasteiger partial charge is 0.423 e. The van der Waals surface area contributed by atoms with Crippen LogP contribution in [-0.2, 0) is 4.43 Å². The van der Waals surface area contributed by atoms with E-state index in [1.54, 1.807) is 0 Å². The van der Waals surface area contributed by atoms with E-state index in [9.17, 15) is 0 Å². The first kappa shape index (κ1) is 13.6. The predicted molar refractivity (Wildman–Crippen MR) is 76.9 cm³/mol. The Labute approximate surface area is 109 Å². The molecule has 0 N–H and O–H groups in total. The first-order chi connectivity index (χ1) is 8.20. The summed E-state index contributed by atoms with van der Waals surface area (Å²) in [6.45, 7) is 4.88. The van der Waals surface area contributed by atoms with Gasteiger partial charge in [-0.15, -0.1) is 0 Å².